The van der Waals surface area contributed by atoms with Crippen molar-refractivity contribution in [2.45, 2.75) is 6.92 Å². The number of benzene rings is 2. The Kier molecular flexibility index (Phi) is 2.71. The number of anilines is 1. The first-order valence-corrected chi connectivity index (χ1v) is 6.23. The number of para-hydroxylation sites is 1. The number of Topliss-reactive ketones (excluding diaryl/α,β-unsaturated/α-hetero) is 1. The number of hydrogen-bond acceptors (Lipinski definition) is 3. The summed E-state index contributed by atoms with van der Waals surface area (Å²) in [5.74, 6) is -1.06. The molecule has 0 radical (unpaired) electrons. The van der Waals surface area contributed by atoms with Crippen LogP contribution in [0.2, 0.25) is 0 Å². The molecule has 0 aromatic heterocycles. The third-order valence-corrected chi connectivity index (χ3v) is 3.40. The van der Waals surface area contributed by atoms with Gasteiger partial charge < -0.3 is 0 Å². The minimum atomic E-state index is -0.427. The predicted octanol–water partition coefficient (Wildman–Crippen LogP) is 2.82. The minimum absolute atomic E-state index is 0.298. The molecule has 1 heterocycles. The number of nitrogens with one attached hydrogen (secondary N) is 1. The van der Waals surface area contributed by atoms with Crippen molar-refractivity contribution >= 4 is 23.2 Å². The van der Waals surface area contributed by atoms with Crippen LogP contribution in [0.4, 0.5) is 5.69 Å². The summed E-state index contributed by atoms with van der Waals surface area (Å²) in [5.41, 5.74) is 2.06. The van der Waals surface area contributed by atoms with E-state index in [-0.39, 0.29) is 11.7 Å². The fourth-order valence-corrected chi connectivity index (χ4v) is 2.36. The van der Waals surface area contributed by atoms with Crippen LogP contribution in [-0.2, 0) is 0 Å². The number of rotatable bonds is 1. The molecule has 98 valence electrons. The highest BCUT2D eigenvalue weighted by molar-refractivity contribution is 6.56. The van der Waals surface area contributed by atoms with Crippen molar-refractivity contribution in [3.05, 3.63) is 65.2 Å². The van der Waals surface area contributed by atoms with Gasteiger partial charge in [0, 0.05) is 5.56 Å². The third kappa shape index (κ3) is 1.66. The zero-order chi connectivity index (χ0) is 14.3. The second kappa shape index (κ2) is 4.42. The molecule has 1 amide bonds. The van der Waals surface area contributed by atoms with E-state index < -0.39 is 5.78 Å². The standard InChI is InChI=1S/C16H12N2O2/c1-10-6-2-5-9-13(10)18-15(17)14(19)11-7-3-4-8-12(11)16(18)20/h2-9,17H,1H3. The molecule has 2 aromatic rings. The van der Waals surface area contributed by atoms with Crippen LogP contribution in [0.5, 0.6) is 0 Å². The van der Waals surface area contributed by atoms with E-state index >= 15 is 0 Å². The molecule has 4 nitrogen and oxygen atoms in total. The smallest absolute Gasteiger partial charge is 0.264 e. The maximum atomic E-state index is 12.6. The Morgan fingerprint density at radius 3 is 2.20 bits per heavy atom. The third-order valence-electron chi connectivity index (χ3n) is 3.40. The number of nitrogens with zero attached hydrogens (tertiary/aromatic N) is 1. The molecule has 0 spiro atoms. The van der Waals surface area contributed by atoms with Crippen LogP contribution >= 0.6 is 0 Å². The number of carbonyl (C=O) groups is 2. The van der Waals surface area contributed by atoms with Crippen molar-refractivity contribution in [1.82, 2.24) is 0 Å². The quantitative estimate of drug-likeness (QED) is 0.860. The van der Waals surface area contributed by atoms with E-state index in [1.807, 2.05) is 19.1 Å². The molecular formula is C16H12N2O2. The highest BCUT2D eigenvalue weighted by Gasteiger charge is 2.36. The van der Waals surface area contributed by atoms with Crippen LogP contribution in [0.25, 0.3) is 0 Å². The zero-order valence-electron chi connectivity index (χ0n) is 10.9. The molecule has 0 unspecified atom stereocenters. The Balaban J connectivity index is 2.20. The van der Waals surface area contributed by atoms with Crippen molar-refractivity contribution < 1.29 is 9.59 Å². The molecule has 0 fully saturated rings. The number of hydrogen-bond donors (Lipinski definition) is 1. The maximum absolute atomic E-state index is 12.6. The Labute approximate surface area is 116 Å². The summed E-state index contributed by atoms with van der Waals surface area (Å²) in [6.45, 7) is 1.85. The van der Waals surface area contributed by atoms with Gasteiger partial charge in [-0.1, -0.05) is 36.4 Å². The lowest BCUT2D eigenvalue weighted by Gasteiger charge is -2.28. The predicted molar refractivity (Wildman–Crippen MR) is 76.5 cm³/mol. The van der Waals surface area contributed by atoms with E-state index in [4.69, 9.17) is 5.41 Å². The number of aryl methyl sites for hydroxylation is 1. The average molecular weight is 264 g/mol. The topological polar surface area (TPSA) is 61.2 Å². The number of amidine groups is 1. The number of amides is 1. The second-order valence-electron chi connectivity index (χ2n) is 4.65. The molecular weight excluding hydrogens is 252 g/mol. The summed E-state index contributed by atoms with van der Waals surface area (Å²) in [6, 6.07) is 13.8. The number of fused-ring (bicyclic) bond motifs is 1. The van der Waals surface area contributed by atoms with Gasteiger partial charge in [-0.3, -0.25) is 19.9 Å². The van der Waals surface area contributed by atoms with Crippen molar-refractivity contribution in [3.8, 4) is 0 Å². The summed E-state index contributed by atoms with van der Waals surface area (Å²) >= 11 is 0. The van der Waals surface area contributed by atoms with Gasteiger partial charge in [-0.15, -0.1) is 0 Å². The molecule has 20 heavy (non-hydrogen) atoms. The average Bonchev–Trinajstić information content (AvgIpc) is 2.47. The Hall–Kier alpha value is -2.75. The molecule has 0 aliphatic carbocycles. The van der Waals surface area contributed by atoms with Gasteiger partial charge in [-0.2, -0.15) is 0 Å². The fraction of sp³-hybridized carbons (Fsp3) is 0.0625. The summed E-state index contributed by atoms with van der Waals surface area (Å²) in [7, 11) is 0. The molecule has 0 bridgehead atoms. The molecule has 4 heteroatoms. The number of ketones is 1. The largest absolute Gasteiger partial charge is 0.285 e. The van der Waals surface area contributed by atoms with Gasteiger partial charge in [0.05, 0.1) is 11.3 Å². The summed E-state index contributed by atoms with van der Waals surface area (Å²) < 4.78 is 0. The molecule has 0 atom stereocenters. The highest BCUT2D eigenvalue weighted by atomic mass is 16.2. The lowest BCUT2D eigenvalue weighted by Crippen LogP contribution is -2.46. The Morgan fingerprint density at radius 2 is 1.50 bits per heavy atom. The van der Waals surface area contributed by atoms with Gasteiger partial charge in [-0.05, 0) is 24.6 Å². The fourth-order valence-electron chi connectivity index (χ4n) is 2.36. The van der Waals surface area contributed by atoms with Gasteiger partial charge in [0.2, 0.25) is 5.78 Å². The monoisotopic (exact) mass is 264 g/mol. The van der Waals surface area contributed by atoms with Gasteiger partial charge in [0.1, 0.15) is 0 Å². The first kappa shape index (κ1) is 12.3. The lowest BCUT2D eigenvalue weighted by molar-refractivity contribution is 0.0966. The van der Waals surface area contributed by atoms with Crippen LogP contribution in [0, 0.1) is 12.3 Å². The summed E-state index contributed by atoms with van der Waals surface area (Å²) in [4.78, 5) is 26.0. The van der Waals surface area contributed by atoms with E-state index in [9.17, 15) is 9.59 Å². The molecule has 0 saturated carbocycles. The summed E-state index contributed by atoms with van der Waals surface area (Å²) in [5, 5.41) is 8.00. The minimum Gasteiger partial charge on any atom is -0.285 e. The van der Waals surface area contributed by atoms with E-state index in [2.05, 4.69) is 0 Å². The SMILES string of the molecule is Cc1ccccc1N1C(=N)C(=O)c2ccccc2C1=O. The van der Waals surface area contributed by atoms with E-state index in [1.54, 1.807) is 36.4 Å². The van der Waals surface area contributed by atoms with E-state index in [0.717, 1.165) is 5.56 Å². The normalized spacial score (nSPS) is 14.4. The van der Waals surface area contributed by atoms with Crippen molar-refractivity contribution in [3.63, 3.8) is 0 Å². The van der Waals surface area contributed by atoms with Crippen LogP contribution < -0.4 is 4.90 Å². The van der Waals surface area contributed by atoms with Crippen molar-refractivity contribution in [2.75, 3.05) is 4.90 Å². The second-order valence-corrected chi connectivity index (χ2v) is 4.65. The first-order chi connectivity index (χ1) is 9.61. The Morgan fingerprint density at radius 1 is 0.900 bits per heavy atom. The van der Waals surface area contributed by atoms with Crippen LogP contribution in [0.3, 0.4) is 0 Å². The van der Waals surface area contributed by atoms with Gasteiger partial charge in [0.15, 0.2) is 5.84 Å². The van der Waals surface area contributed by atoms with Gasteiger partial charge in [0.25, 0.3) is 5.91 Å². The van der Waals surface area contributed by atoms with Crippen LogP contribution in [0.1, 0.15) is 26.3 Å². The Bertz CT molecular complexity index is 750. The van der Waals surface area contributed by atoms with E-state index in [1.165, 1.54) is 4.90 Å². The molecule has 3 rings (SSSR count). The molecule has 1 N–H and O–H groups in total. The van der Waals surface area contributed by atoms with E-state index in [0.29, 0.717) is 16.8 Å². The van der Waals surface area contributed by atoms with Crippen LogP contribution in [0.15, 0.2) is 48.5 Å². The van der Waals surface area contributed by atoms with Gasteiger partial charge >= 0.3 is 0 Å². The summed E-state index contributed by atoms with van der Waals surface area (Å²) in [6.07, 6.45) is 0. The molecule has 1 aliphatic rings. The first-order valence-electron chi connectivity index (χ1n) is 6.23. The van der Waals surface area contributed by atoms with Crippen LogP contribution in [-0.4, -0.2) is 17.5 Å². The highest BCUT2D eigenvalue weighted by Crippen LogP contribution is 2.27. The zero-order valence-corrected chi connectivity index (χ0v) is 10.9. The molecule has 1 aliphatic heterocycles. The molecule has 0 saturated heterocycles. The number of carbonyl (C=O) groups excluding carboxylic acids is 2. The van der Waals surface area contributed by atoms with Crippen molar-refractivity contribution in [2.24, 2.45) is 0 Å². The van der Waals surface area contributed by atoms with Crippen molar-refractivity contribution in [1.29, 1.82) is 5.41 Å². The molecule has 2 aromatic carbocycles. The van der Waals surface area contributed by atoms with Gasteiger partial charge in [-0.25, -0.2) is 0 Å². The lowest BCUT2D eigenvalue weighted by atomic mass is 9.96. The maximum Gasteiger partial charge on any atom is 0.264 e.